The van der Waals surface area contributed by atoms with Crippen LogP contribution in [-0.2, 0) is 11.3 Å². The molecule has 0 fully saturated rings. The number of ether oxygens (including phenoxy) is 1. The lowest BCUT2D eigenvalue weighted by Gasteiger charge is -2.06. The van der Waals surface area contributed by atoms with Crippen LogP contribution in [0.15, 0.2) is 53.3 Å². The molecule has 0 radical (unpaired) electrons. The summed E-state index contributed by atoms with van der Waals surface area (Å²) in [4.78, 5) is 20.6. The number of fused-ring (bicyclic) bond motifs is 1. The molecule has 0 saturated heterocycles. The van der Waals surface area contributed by atoms with Crippen molar-refractivity contribution in [2.75, 3.05) is 0 Å². The maximum atomic E-state index is 12.3. The van der Waals surface area contributed by atoms with E-state index in [1.54, 1.807) is 42.0 Å². The highest BCUT2D eigenvalue weighted by atomic mass is 35.5. The summed E-state index contributed by atoms with van der Waals surface area (Å²) < 4.78 is 12.5. The molecule has 26 heavy (non-hydrogen) atoms. The van der Waals surface area contributed by atoms with E-state index < -0.39 is 5.97 Å². The largest absolute Gasteiger partial charge is 0.452 e. The average molecular weight is 369 g/mol. The Bertz CT molecular complexity index is 1100. The van der Waals surface area contributed by atoms with Gasteiger partial charge in [-0.25, -0.2) is 19.3 Å². The van der Waals surface area contributed by atoms with Gasteiger partial charge < -0.3 is 9.15 Å². The summed E-state index contributed by atoms with van der Waals surface area (Å²) in [6.07, 6.45) is 4.66. The molecule has 7 nitrogen and oxygen atoms in total. The van der Waals surface area contributed by atoms with Crippen LogP contribution in [0.2, 0.25) is 5.02 Å². The maximum Gasteiger partial charge on any atom is 0.342 e. The molecule has 0 bridgehead atoms. The molecule has 0 aliphatic heterocycles. The molecule has 0 atom stereocenters. The minimum atomic E-state index is -0.519. The molecular weight excluding hydrogens is 356 g/mol. The van der Waals surface area contributed by atoms with Crippen molar-refractivity contribution in [3.63, 3.8) is 0 Å². The molecule has 3 heterocycles. The predicted octanol–water partition coefficient (Wildman–Crippen LogP) is 3.70. The number of hydrogen-bond donors (Lipinski definition) is 0. The van der Waals surface area contributed by atoms with Gasteiger partial charge in [0.05, 0.1) is 23.7 Å². The van der Waals surface area contributed by atoms with Crippen LogP contribution in [0, 0.1) is 6.92 Å². The second kappa shape index (κ2) is 6.61. The van der Waals surface area contributed by atoms with Gasteiger partial charge in [-0.05, 0) is 19.1 Å². The van der Waals surface area contributed by atoms with E-state index in [1.165, 1.54) is 6.20 Å². The van der Waals surface area contributed by atoms with Gasteiger partial charge >= 0.3 is 5.97 Å². The van der Waals surface area contributed by atoms with Gasteiger partial charge in [0.25, 0.3) is 0 Å². The normalized spacial score (nSPS) is 11.0. The van der Waals surface area contributed by atoms with Gasteiger partial charge in [-0.1, -0.05) is 23.7 Å². The first-order chi connectivity index (χ1) is 12.6. The Labute approximate surface area is 153 Å². The van der Waals surface area contributed by atoms with Gasteiger partial charge in [0.15, 0.2) is 18.0 Å². The first-order valence-corrected chi connectivity index (χ1v) is 8.17. The fourth-order valence-corrected chi connectivity index (χ4v) is 2.74. The highest BCUT2D eigenvalue weighted by Crippen LogP contribution is 2.23. The number of benzene rings is 1. The van der Waals surface area contributed by atoms with E-state index in [9.17, 15) is 4.79 Å². The van der Waals surface area contributed by atoms with E-state index in [4.69, 9.17) is 20.8 Å². The SMILES string of the molecule is Cc1c(C(=O)OCc2ncc(-c3cccc(Cl)c3)o2)cnc2ccnn12. The summed E-state index contributed by atoms with van der Waals surface area (Å²) in [7, 11) is 0. The molecule has 4 aromatic rings. The molecule has 0 aliphatic carbocycles. The number of rotatable bonds is 4. The van der Waals surface area contributed by atoms with Gasteiger partial charge in [0.2, 0.25) is 5.89 Å². The minimum Gasteiger partial charge on any atom is -0.452 e. The molecule has 8 heteroatoms. The van der Waals surface area contributed by atoms with E-state index in [0.717, 1.165) is 5.56 Å². The number of aryl methyl sites for hydroxylation is 1. The van der Waals surface area contributed by atoms with Crippen molar-refractivity contribution in [3.05, 3.63) is 71.1 Å². The van der Waals surface area contributed by atoms with E-state index in [1.807, 2.05) is 12.1 Å². The Kier molecular flexibility index (Phi) is 4.14. The molecule has 130 valence electrons. The molecule has 0 N–H and O–H groups in total. The Hall–Kier alpha value is -3.19. The van der Waals surface area contributed by atoms with E-state index in [-0.39, 0.29) is 6.61 Å². The van der Waals surface area contributed by atoms with Crippen LogP contribution in [0.5, 0.6) is 0 Å². The number of hydrogen-bond acceptors (Lipinski definition) is 6. The number of halogens is 1. The predicted molar refractivity (Wildman–Crippen MR) is 93.8 cm³/mol. The van der Waals surface area contributed by atoms with Crippen molar-refractivity contribution in [1.82, 2.24) is 19.6 Å². The summed E-state index contributed by atoms with van der Waals surface area (Å²) >= 11 is 5.98. The molecule has 0 saturated carbocycles. The molecule has 1 aromatic carbocycles. The van der Waals surface area contributed by atoms with E-state index in [0.29, 0.717) is 33.6 Å². The van der Waals surface area contributed by atoms with Crippen LogP contribution in [0.25, 0.3) is 17.0 Å². The summed E-state index contributed by atoms with van der Waals surface area (Å²) in [6, 6.07) is 8.98. The molecule has 4 rings (SSSR count). The first kappa shape index (κ1) is 16.3. The van der Waals surface area contributed by atoms with Crippen LogP contribution in [0.4, 0.5) is 0 Å². The third kappa shape index (κ3) is 3.04. The molecule has 0 unspecified atom stereocenters. The van der Waals surface area contributed by atoms with Crippen molar-refractivity contribution in [3.8, 4) is 11.3 Å². The summed E-state index contributed by atoms with van der Waals surface area (Å²) in [5.74, 6) is 0.323. The zero-order chi connectivity index (χ0) is 18.1. The fourth-order valence-electron chi connectivity index (χ4n) is 2.55. The number of carbonyl (C=O) groups excluding carboxylic acids is 1. The quantitative estimate of drug-likeness (QED) is 0.511. The molecule has 0 amide bonds. The minimum absolute atomic E-state index is 0.0873. The lowest BCUT2D eigenvalue weighted by atomic mass is 10.2. The lowest BCUT2D eigenvalue weighted by molar-refractivity contribution is 0.0436. The number of oxazole rings is 1. The molecular formula is C18H13ClN4O3. The van der Waals surface area contributed by atoms with Gasteiger partial charge in [0, 0.05) is 22.8 Å². The van der Waals surface area contributed by atoms with Gasteiger partial charge in [-0.15, -0.1) is 0 Å². The second-order valence-electron chi connectivity index (χ2n) is 5.56. The maximum absolute atomic E-state index is 12.3. The number of esters is 1. The Morgan fingerprint density at radius 3 is 3.00 bits per heavy atom. The number of aromatic nitrogens is 4. The summed E-state index contributed by atoms with van der Waals surface area (Å²) in [5.41, 5.74) is 2.45. The van der Waals surface area contributed by atoms with E-state index in [2.05, 4.69) is 15.1 Å². The third-order valence-corrected chi connectivity index (χ3v) is 4.10. The Morgan fingerprint density at radius 2 is 2.15 bits per heavy atom. The van der Waals surface area contributed by atoms with Crippen molar-refractivity contribution in [2.24, 2.45) is 0 Å². The van der Waals surface area contributed by atoms with Crippen molar-refractivity contribution in [1.29, 1.82) is 0 Å². The standard InChI is InChI=1S/C18H13ClN4O3/c1-11-14(8-20-16-5-6-22-23(11)16)18(24)25-10-17-21-9-15(26-17)12-3-2-4-13(19)7-12/h2-9H,10H2,1H3. The molecule has 0 aliphatic rings. The average Bonchev–Trinajstić information content (AvgIpc) is 3.30. The van der Waals surface area contributed by atoms with Gasteiger partial charge in [-0.3, -0.25) is 0 Å². The number of nitrogens with zero attached hydrogens (tertiary/aromatic N) is 4. The monoisotopic (exact) mass is 368 g/mol. The summed E-state index contributed by atoms with van der Waals surface area (Å²) in [6.45, 7) is 1.69. The van der Waals surface area contributed by atoms with Crippen LogP contribution < -0.4 is 0 Å². The fraction of sp³-hybridized carbons (Fsp3) is 0.111. The zero-order valence-electron chi connectivity index (χ0n) is 13.7. The third-order valence-electron chi connectivity index (χ3n) is 3.87. The first-order valence-electron chi connectivity index (χ1n) is 7.79. The molecule has 3 aromatic heterocycles. The topological polar surface area (TPSA) is 82.5 Å². The van der Waals surface area contributed by atoms with Crippen molar-refractivity contribution in [2.45, 2.75) is 13.5 Å². The van der Waals surface area contributed by atoms with Crippen molar-refractivity contribution >= 4 is 23.2 Å². The number of carbonyl (C=O) groups is 1. The lowest BCUT2D eigenvalue weighted by Crippen LogP contribution is -2.11. The van der Waals surface area contributed by atoms with Gasteiger partial charge in [0.1, 0.15) is 0 Å². The highest BCUT2D eigenvalue weighted by molar-refractivity contribution is 6.30. The summed E-state index contributed by atoms with van der Waals surface area (Å²) in [5, 5.41) is 4.73. The van der Waals surface area contributed by atoms with Crippen LogP contribution in [0.3, 0.4) is 0 Å². The molecule has 0 spiro atoms. The van der Waals surface area contributed by atoms with Gasteiger partial charge in [-0.2, -0.15) is 5.10 Å². The van der Waals surface area contributed by atoms with Crippen LogP contribution >= 0.6 is 11.6 Å². The van der Waals surface area contributed by atoms with E-state index >= 15 is 0 Å². The second-order valence-corrected chi connectivity index (χ2v) is 6.00. The zero-order valence-corrected chi connectivity index (χ0v) is 14.5. The van der Waals surface area contributed by atoms with Crippen LogP contribution in [-0.4, -0.2) is 25.6 Å². The smallest absolute Gasteiger partial charge is 0.342 e. The Balaban J connectivity index is 1.48. The van der Waals surface area contributed by atoms with Crippen molar-refractivity contribution < 1.29 is 13.9 Å². The van der Waals surface area contributed by atoms with Crippen LogP contribution in [0.1, 0.15) is 21.9 Å². The highest BCUT2D eigenvalue weighted by Gasteiger charge is 2.16. The Morgan fingerprint density at radius 1 is 1.27 bits per heavy atom.